The van der Waals surface area contributed by atoms with E-state index < -0.39 is 11.7 Å². The number of nitrogens with one attached hydrogen (secondary N) is 1. The van der Waals surface area contributed by atoms with Gasteiger partial charge in [0.25, 0.3) is 5.91 Å². The van der Waals surface area contributed by atoms with Crippen LogP contribution < -0.4 is 10.1 Å². The van der Waals surface area contributed by atoms with Crippen LogP contribution in [0.2, 0.25) is 0 Å². The van der Waals surface area contributed by atoms with E-state index in [0.29, 0.717) is 0 Å². The number of methoxy groups -OCH3 is 1. The monoisotopic (exact) mass is 265 g/mol. The van der Waals surface area contributed by atoms with Gasteiger partial charge in [0.2, 0.25) is 5.78 Å². The number of benzene rings is 1. The highest BCUT2D eigenvalue weighted by Crippen LogP contribution is 2.34. The quantitative estimate of drug-likeness (QED) is 0.865. The van der Waals surface area contributed by atoms with E-state index in [2.05, 4.69) is 24.4 Å². The Bertz CT molecular complexity index is 438. The third-order valence-electron chi connectivity index (χ3n) is 2.79. The zero-order chi connectivity index (χ0) is 13.7. The maximum absolute atomic E-state index is 10.1. The molecule has 4 heteroatoms. The van der Waals surface area contributed by atoms with Gasteiger partial charge in [0.15, 0.2) is 0 Å². The minimum absolute atomic E-state index is 0. The van der Waals surface area contributed by atoms with Gasteiger partial charge in [-0.15, -0.1) is 0 Å². The summed E-state index contributed by atoms with van der Waals surface area (Å²) in [5, 5.41) is 2.18. The molecule has 0 saturated carbocycles. The summed E-state index contributed by atoms with van der Waals surface area (Å²) in [6.45, 7) is 3.38. The highest BCUT2D eigenvalue weighted by molar-refractivity contribution is 6.35. The first-order valence-corrected chi connectivity index (χ1v) is 5.94. The largest absolute Gasteiger partial charge is 0.496 e. The van der Waals surface area contributed by atoms with E-state index in [1.54, 1.807) is 7.11 Å². The van der Waals surface area contributed by atoms with Crippen molar-refractivity contribution in [2.75, 3.05) is 14.2 Å². The lowest BCUT2D eigenvalue weighted by Crippen LogP contribution is -2.24. The van der Waals surface area contributed by atoms with Crippen molar-refractivity contribution < 1.29 is 14.3 Å². The number of rotatable bonds is 3. The van der Waals surface area contributed by atoms with Crippen LogP contribution in [-0.2, 0) is 22.4 Å². The van der Waals surface area contributed by atoms with E-state index in [1.807, 2.05) is 0 Å². The van der Waals surface area contributed by atoms with Crippen LogP contribution in [0, 0.1) is 0 Å². The molecule has 0 heterocycles. The van der Waals surface area contributed by atoms with Crippen molar-refractivity contribution in [1.29, 1.82) is 0 Å². The molecular weight excluding hydrogens is 242 g/mol. The van der Waals surface area contributed by atoms with Crippen LogP contribution in [0.1, 0.15) is 38.0 Å². The first kappa shape index (κ1) is 17.2. The molecule has 0 bridgehead atoms. The predicted molar refractivity (Wildman–Crippen MR) is 76.7 cm³/mol. The molecule has 1 aromatic carbocycles. The Morgan fingerprint density at radius 3 is 2.26 bits per heavy atom. The normalized spacial score (nSPS) is 10.1. The average molecular weight is 265 g/mol. The maximum atomic E-state index is 10.1. The third-order valence-corrected chi connectivity index (χ3v) is 2.79. The second-order valence-corrected chi connectivity index (χ2v) is 4.10. The van der Waals surface area contributed by atoms with Crippen molar-refractivity contribution in [3.63, 3.8) is 0 Å². The number of carbonyl (C=O) groups is 2. The molecule has 4 nitrogen and oxygen atoms in total. The summed E-state index contributed by atoms with van der Waals surface area (Å²) in [6.07, 6.45) is 2.24. The third kappa shape index (κ3) is 4.73. The first-order valence-electron chi connectivity index (χ1n) is 5.94. The Morgan fingerprint density at radius 1 is 1.32 bits per heavy atom. The van der Waals surface area contributed by atoms with Crippen molar-refractivity contribution in [2.45, 2.75) is 34.1 Å². The number of ether oxygens (including phenoxy) is 1. The molecule has 0 unspecified atom stereocenters. The summed E-state index contributed by atoms with van der Waals surface area (Å²) in [6, 6.07) is 4.42. The summed E-state index contributed by atoms with van der Waals surface area (Å²) in [4.78, 5) is 20.0. The van der Waals surface area contributed by atoms with E-state index in [9.17, 15) is 9.59 Å². The lowest BCUT2D eigenvalue weighted by atomic mass is 10.1. The number of aryl methyl sites for hydroxylation is 1. The van der Waals surface area contributed by atoms with Crippen LogP contribution in [0.25, 0.3) is 0 Å². The van der Waals surface area contributed by atoms with Gasteiger partial charge in [-0.1, -0.05) is 20.4 Å². The van der Waals surface area contributed by atoms with E-state index in [1.165, 1.54) is 37.1 Å². The molecule has 106 valence electrons. The number of ketones is 1. The number of hydrogen-bond acceptors (Lipinski definition) is 3. The van der Waals surface area contributed by atoms with E-state index in [0.717, 1.165) is 12.2 Å². The zero-order valence-electron chi connectivity index (χ0n) is 11.3. The van der Waals surface area contributed by atoms with Crippen molar-refractivity contribution in [3.05, 3.63) is 28.8 Å². The van der Waals surface area contributed by atoms with Crippen LogP contribution in [0.5, 0.6) is 5.75 Å². The van der Waals surface area contributed by atoms with Crippen LogP contribution in [-0.4, -0.2) is 25.8 Å². The van der Waals surface area contributed by atoms with Gasteiger partial charge in [-0.2, -0.15) is 0 Å². The van der Waals surface area contributed by atoms with Crippen LogP contribution in [0.4, 0.5) is 0 Å². The molecule has 0 fully saturated rings. The smallest absolute Gasteiger partial charge is 0.286 e. The Morgan fingerprint density at radius 2 is 1.89 bits per heavy atom. The molecule has 1 aliphatic carbocycles. The highest BCUT2D eigenvalue weighted by atomic mass is 16.5. The molecule has 1 N–H and O–H groups in total. The summed E-state index contributed by atoms with van der Waals surface area (Å²) in [5.74, 6) is 0.0613. The second-order valence-electron chi connectivity index (χ2n) is 4.10. The van der Waals surface area contributed by atoms with E-state index >= 15 is 0 Å². The van der Waals surface area contributed by atoms with Crippen molar-refractivity contribution in [1.82, 2.24) is 5.32 Å². The molecule has 1 aromatic rings. The summed E-state index contributed by atoms with van der Waals surface area (Å²) in [7, 11) is 3.16. The van der Waals surface area contributed by atoms with Gasteiger partial charge in [0.1, 0.15) is 5.75 Å². The Labute approximate surface area is 115 Å². The molecule has 2 rings (SSSR count). The van der Waals surface area contributed by atoms with Gasteiger partial charge in [-0.25, -0.2) is 0 Å². The molecule has 1 amide bonds. The molecule has 0 atom stereocenters. The fourth-order valence-corrected chi connectivity index (χ4v) is 1.62. The lowest BCUT2D eigenvalue weighted by molar-refractivity contribution is -0.136. The molecular formula is C15H23NO3. The predicted octanol–water partition coefficient (Wildman–Crippen LogP) is 2.12. The number of hydrogen-bond donors (Lipinski definition) is 1. The molecule has 1 aliphatic rings. The average Bonchev–Trinajstić information content (AvgIpc) is 3.14. The second kappa shape index (κ2) is 7.56. The minimum atomic E-state index is -0.542. The van der Waals surface area contributed by atoms with Crippen molar-refractivity contribution in [2.24, 2.45) is 0 Å². The highest BCUT2D eigenvalue weighted by Gasteiger charge is 2.19. The topological polar surface area (TPSA) is 55.4 Å². The van der Waals surface area contributed by atoms with Gasteiger partial charge in [0, 0.05) is 14.0 Å². The molecule has 0 aliphatic heterocycles. The first-order chi connectivity index (χ1) is 8.53. The minimum Gasteiger partial charge on any atom is -0.496 e. The SMILES string of the molecule is C.CCc1cc2c(cc1OC)C2.CNC(=O)C(C)=O. The summed E-state index contributed by atoms with van der Waals surface area (Å²) < 4.78 is 5.25. The Hall–Kier alpha value is -1.84. The van der Waals surface area contributed by atoms with Gasteiger partial charge in [-0.05, 0) is 35.6 Å². The van der Waals surface area contributed by atoms with E-state index in [4.69, 9.17) is 4.74 Å². The lowest BCUT2D eigenvalue weighted by Gasteiger charge is -2.03. The number of carbonyl (C=O) groups excluding carboxylic acids is 2. The van der Waals surface area contributed by atoms with Gasteiger partial charge in [0.05, 0.1) is 7.11 Å². The molecule has 0 spiro atoms. The van der Waals surface area contributed by atoms with Gasteiger partial charge >= 0.3 is 0 Å². The fraction of sp³-hybridized carbons (Fsp3) is 0.467. The van der Waals surface area contributed by atoms with Crippen LogP contribution >= 0.6 is 0 Å². The zero-order valence-corrected chi connectivity index (χ0v) is 11.3. The summed E-state index contributed by atoms with van der Waals surface area (Å²) in [5.41, 5.74) is 4.30. The Balaban J connectivity index is 0.000000360. The number of fused-ring (bicyclic) bond motifs is 1. The number of amides is 1. The van der Waals surface area contributed by atoms with Crippen LogP contribution in [0.3, 0.4) is 0 Å². The standard InChI is InChI=1S/C10H12O.C4H7NO2.CH4/c1-3-7-4-8-5-9(8)6-10(7)11-2;1-3(6)4(7)5-2;/h4,6H,3,5H2,1-2H3;1-2H3,(H,5,7);1H4. The van der Waals surface area contributed by atoms with Crippen LogP contribution in [0.15, 0.2) is 12.1 Å². The van der Waals surface area contributed by atoms with Gasteiger partial charge < -0.3 is 10.1 Å². The van der Waals surface area contributed by atoms with Crippen molar-refractivity contribution in [3.8, 4) is 5.75 Å². The molecule has 0 aromatic heterocycles. The molecule has 0 saturated heterocycles. The Kier molecular flexibility index (Phi) is 6.83. The number of Topliss-reactive ketones (excluding diaryl/α,β-unsaturated/α-hetero) is 1. The van der Waals surface area contributed by atoms with E-state index in [-0.39, 0.29) is 7.43 Å². The van der Waals surface area contributed by atoms with Crippen molar-refractivity contribution >= 4 is 11.7 Å². The molecule has 0 radical (unpaired) electrons. The molecule has 19 heavy (non-hydrogen) atoms. The maximum Gasteiger partial charge on any atom is 0.286 e. The summed E-state index contributed by atoms with van der Waals surface area (Å²) >= 11 is 0. The fourth-order valence-electron chi connectivity index (χ4n) is 1.62. The number of likely N-dealkylation sites (N-methyl/N-ethyl adjacent to an activating group) is 1. The van der Waals surface area contributed by atoms with Gasteiger partial charge in [-0.3, -0.25) is 9.59 Å².